The van der Waals surface area contributed by atoms with Crippen molar-refractivity contribution in [3.8, 4) is 11.5 Å². The molecule has 0 saturated heterocycles. The molecule has 0 aliphatic carbocycles. The number of hydrogen-bond acceptors (Lipinski definition) is 4. The molecule has 1 aliphatic rings. The molecule has 4 heteroatoms. The molecule has 2 rings (SSSR count). The fraction of sp³-hybridized carbons (Fsp3) is 0.500. The molecule has 1 aliphatic heterocycles. The van der Waals surface area contributed by atoms with Gasteiger partial charge in [-0.3, -0.25) is 0 Å². The third kappa shape index (κ3) is 1.80. The minimum Gasteiger partial charge on any atom is -0.454 e. The van der Waals surface area contributed by atoms with Crippen LogP contribution in [0.5, 0.6) is 11.5 Å². The number of ether oxygens (including phenoxy) is 2. The summed E-state index contributed by atoms with van der Waals surface area (Å²) in [6.07, 6.45) is 0. The van der Waals surface area contributed by atoms with E-state index in [2.05, 4.69) is 18.7 Å². The van der Waals surface area contributed by atoms with Crippen molar-refractivity contribution in [2.45, 2.75) is 19.4 Å². The van der Waals surface area contributed by atoms with Gasteiger partial charge >= 0.3 is 0 Å². The Bertz CT molecular complexity index is 391. The number of hydrogen-bond donors (Lipinski definition) is 1. The molecule has 4 nitrogen and oxygen atoms in total. The molecule has 0 spiro atoms. The standard InChI is InChI=1S/C12H18N2O2/c1-12(2,7-13)14(3)9-4-5-10-11(6-9)16-8-15-10/h4-6H,7-8,13H2,1-3H3. The molecule has 0 fully saturated rings. The summed E-state index contributed by atoms with van der Waals surface area (Å²) in [5.41, 5.74) is 6.77. The molecule has 0 saturated carbocycles. The van der Waals surface area contributed by atoms with Gasteiger partial charge in [-0.2, -0.15) is 0 Å². The average Bonchev–Trinajstić information content (AvgIpc) is 2.74. The molecule has 88 valence electrons. The summed E-state index contributed by atoms with van der Waals surface area (Å²) >= 11 is 0. The Hall–Kier alpha value is -1.42. The molecular weight excluding hydrogens is 204 g/mol. The van der Waals surface area contributed by atoms with Crippen molar-refractivity contribution in [2.75, 3.05) is 25.3 Å². The zero-order valence-electron chi connectivity index (χ0n) is 9.99. The molecule has 0 radical (unpaired) electrons. The van der Waals surface area contributed by atoms with Crippen molar-refractivity contribution < 1.29 is 9.47 Å². The van der Waals surface area contributed by atoms with Crippen LogP contribution in [0.1, 0.15) is 13.8 Å². The SMILES string of the molecule is CN(c1ccc2c(c1)OCO2)C(C)(C)CN. The van der Waals surface area contributed by atoms with Crippen LogP contribution in [0.3, 0.4) is 0 Å². The molecule has 0 unspecified atom stereocenters. The number of likely N-dealkylation sites (N-methyl/N-ethyl adjacent to an activating group) is 1. The fourth-order valence-electron chi connectivity index (χ4n) is 1.58. The predicted octanol–water partition coefficient (Wildman–Crippen LogP) is 1.59. The van der Waals surface area contributed by atoms with E-state index in [1.807, 2.05) is 25.2 Å². The normalized spacial score (nSPS) is 14.0. The number of benzene rings is 1. The average molecular weight is 222 g/mol. The van der Waals surface area contributed by atoms with E-state index in [0.717, 1.165) is 17.2 Å². The summed E-state index contributed by atoms with van der Waals surface area (Å²) < 4.78 is 10.6. The zero-order valence-corrected chi connectivity index (χ0v) is 9.99. The topological polar surface area (TPSA) is 47.7 Å². The van der Waals surface area contributed by atoms with Gasteiger partial charge in [0, 0.05) is 30.9 Å². The van der Waals surface area contributed by atoms with E-state index in [0.29, 0.717) is 13.3 Å². The van der Waals surface area contributed by atoms with Crippen LogP contribution in [0.25, 0.3) is 0 Å². The molecule has 1 aromatic carbocycles. The summed E-state index contributed by atoms with van der Waals surface area (Å²) in [7, 11) is 2.03. The first kappa shape index (κ1) is 11.1. The number of rotatable bonds is 3. The van der Waals surface area contributed by atoms with Gasteiger partial charge in [0.05, 0.1) is 0 Å². The Morgan fingerprint density at radius 1 is 1.31 bits per heavy atom. The monoisotopic (exact) mass is 222 g/mol. The quantitative estimate of drug-likeness (QED) is 0.843. The summed E-state index contributed by atoms with van der Waals surface area (Å²) in [5.74, 6) is 1.61. The van der Waals surface area contributed by atoms with Gasteiger partial charge in [0.15, 0.2) is 11.5 Å². The fourth-order valence-corrected chi connectivity index (χ4v) is 1.58. The first-order chi connectivity index (χ1) is 7.54. The second-order valence-electron chi connectivity index (χ2n) is 4.61. The van der Waals surface area contributed by atoms with E-state index in [9.17, 15) is 0 Å². The molecule has 16 heavy (non-hydrogen) atoms. The highest BCUT2D eigenvalue weighted by Gasteiger charge is 2.23. The van der Waals surface area contributed by atoms with E-state index >= 15 is 0 Å². The van der Waals surface area contributed by atoms with Crippen LogP contribution in [0.2, 0.25) is 0 Å². The lowest BCUT2D eigenvalue weighted by molar-refractivity contribution is 0.174. The lowest BCUT2D eigenvalue weighted by Crippen LogP contribution is -2.47. The smallest absolute Gasteiger partial charge is 0.231 e. The van der Waals surface area contributed by atoms with E-state index in [1.165, 1.54) is 0 Å². The van der Waals surface area contributed by atoms with Crippen molar-refractivity contribution in [1.82, 2.24) is 0 Å². The van der Waals surface area contributed by atoms with Crippen LogP contribution in [0.4, 0.5) is 5.69 Å². The Morgan fingerprint density at radius 2 is 2.00 bits per heavy atom. The van der Waals surface area contributed by atoms with Gasteiger partial charge < -0.3 is 20.1 Å². The Balaban J connectivity index is 2.28. The van der Waals surface area contributed by atoms with Gasteiger partial charge in [0.2, 0.25) is 6.79 Å². The number of fused-ring (bicyclic) bond motifs is 1. The highest BCUT2D eigenvalue weighted by molar-refractivity contribution is 5.58. The van der Waals surface area contributed by atoms with Crippen LogP contribution in [-0.4, -0.2) is 25.9 Å². The van der Waals surface area contributed by atoms with Crippen molar-refractivity contribution in [3.63, 3.8) is 0 Å². The maximum Gasteiger partial charge on any atom is 0.231 e. The maximum atomic E-state index is 5.76. The Kier molecular flexibility index (Phi) is 2.68. The molecule has 1 heterocycles. The molecule has 1 aromatic rings. The minimum atomic E-state index is -0.0757. The van der Waals surface area contributed by atoms with Crippen molar-refractivity contribution in [1.29, 1.82) is 0 Å². The van der Waals surface area contributed by atoms with Crippen molar-refractivity contribution in [2.24, 2.45) is 5.73 Å². The van der Waals surface area contributed by atoms with Gasteiger partial charge in [0.1, 0.15) is 0 Å². The second-order valence-corrected chi connectivity index (χ2v) is 4.61. The van der Waals surface area contributed by atoms with Crippen LogP contribution in [-0.2, 0) is 0 Å². The van der Waals surface area contributed by atoms with Crippen LogP contribution < -0.4 is 20.1 Å². The molecule has 0 bridgehead atoms. The van der Waals surface area contributed by atoms with Crippen LogP contribution in [0, 0.1) is 0 Å². The van der Waals surface area contributed by atoms with E-state index in [-0.39, 0.29) is 5.54 Å². The first-order valence-electron chi connectivity index (χ1n) is 5.38. The number of anilines is 1. The number of nitrogens with zero attached hydrogens (tertiary/aromatic N) is 1. The first-order valence-corrected chi connectivity index (χ1v) is 5.38. The zero-order chi connectivity index (χ0) is 11.8. The summed E-state index contributed by atoms with van der Waals surface area (Å²) in [5, 5.41) is 0. The van der Waals surface area contributed by atoms with E-state index in [4.69, 9.17) is 15.2 Å². The highest BCUT2D eigenvalue weighted by atomic mass is 16.7. The van der Waals surface area contributed by atoms with Gasteiger partial charge in [-0.1, -0.05) is 0 Å². The predicted molar refractivity (Wildman–Crippen MR) is 64.1 cm³/mol. The van der Waals surface area contributed by atoms with Gasteiger partial charge in [-0.05, 0) is 26.0 Å². The Morgan fingerprint density at radius 3 is 2.69 bits per heavy atom. The lowest BCUT2D eigenvalue weighted by Gasteiger charge is -2.36. The molecule has 0 aromatic heterocycles. The van der Waals surface area contributed by atoms with Gasteiger partial charge in [0.25, 0.3) is 0 Å². The third-order valence-corrected chi connectivity index (χ3v) is 3.15. The van der Waals surface area contributed by atoms with Crippen molar-refractivity contribution >= 4 is 5.69 Å². The largest absolute Gasteiger partial charge is 0.454 e. The number of nitrogens with two attached hydrogens (primary N) is 1. The lowest BCUT2D eigenvalue weighted by atomic mass is 10.0. The summed E-state index contributed by atoms with van der Waals surface area (Å²) in [4.78, 5) is 2.15. The summed E-state index contributed by atoms with van der Waals surface area (Å²) in [6.45, 7) is 5.12. The molecular formula is C12H18N2O2. The van der Waals surface area contributed by atoms with Gasteiger partial charge in [-0.15, -0.1) is 0 Å². The van der Waals surface area contributed by atoms with Crippen LogP contribution >= 0.6 is 0 Å². The molecule has 0 amide bonds. The second kappa shape index (κ2) is 3.87. The van der Waals surface area contributed by atoms with Crippen LogP contribution in [0.15, 0.2) is 18.2 Å². The minimum absolute atomic E-state index is 0.0757. The highest BCUT2D eigenvalue weighted by Crippen LogP contribution is 2.36. The summed E-state index contributed by atoms with van der Waals surface area (Å²) in [6, 6.07) is 5.94. The third-order valence-electron chi connectivity index (χ3n) is 3.15. The van der Waals surface area contributed by atoms with E-state index in [1.54, 1.807) is 0 Å². The maximum absolute atomic E-state index is 5.76. The molecule has 2 N–H and O–H groups in total. The van der Waals surface area contributed by atoms with Gasteiger partial charge in [-0.25, -0.2) is 0 Å². The van der Waals surface area contributed by atoms with E-state index < -0.39 is 0 Å². The Labute approximate surface area is 95.9 Å². The molecule has 0 atom stereocenters. The van der Waals surface area contributed by atoms with Crippen molar-refractivity contribution in [3.05, 3.63) is 18.2 Å².